The maximum atomic E-state index is 14.1. The maximum Gasteiger partial charge on any atom is 0.246 e. The molecule has 2 aromatic carbocycles. The van der Waals surface area contributed by atoms with Crippen molar-refractivity contribution >= 4 is 23.4 Å². The molecule has 1 aliphatic carbocycles. The summed E-state index contributed by atoms with van der Waals surface area (Å²) in [6.07, 6.45) is 8.00. The van der Waals surface area contributed by atoms with E-state index in [2.05, 4.69) is 10.6 Å². The highest BCUT2D eigenvalue weighted by Crippen LogP contribution is 2.55. The zero-order valence-electron chi connectivity index (χ0n) is 21.8. The topological polar surface area (TPSA) is 97.0 Å². The number of hydrogen-bond donors (Lipinski definition) is 2. The molecule has 4 aliphatic rings. The molecule has 1 saturated carbocycles. The average Bonchev–Trinajstić information content (AvgIpc) is 3.58. The van der Waals surface area contributed by atoms with Crippen molar-refractivity contribution in [1.82, 2.24) is 10.2 Å². The molecule has 39 heavy (non-hydrogen) atoms. The van der Waals surface area contributed by atoms with Gasteiger partial charge in [-0.05, 0) is 42.7 Å². The molecule has 6 rings (SSSR count). The summed E-state index contributed by atoms with van der Waals surface area (Å²) in [4.78, 5) is 43.1. The number of methoxy groups -OCH3 is 1. The lowest BCUT2D eigenvalue weighted by atomic mass is 9.74. The summed E-state index contributed by atoms with van der Waals surface area (Å²) in [5.74, 6) is -2.41. The van der Waals surface area contributed by atoms with Gasteiger partial charge >= 0.3 is 0 Å². The fraction of sp³-hybridized carbons (Fsp3) is 0.433. The maximum absolute atomic E-state index is 14.1. The van der Waals surface area contributed by atoms with Crippen molar-refractivity contribution in [3.8, 4) is 5.75 Å². The highest BCUT2D eigenvalue weighted by Gasteiger charge is 2.72. The first-order chi connectivity index (χ1) is 18.9. The molecular formula is C30H32FN3O5. The number of carbonyl (C=O) groups is 3. The van der Waals surface area contributed by atoms with Gasteiger partial charge in [0.15, 0.2) is 0 Å². The van der Waals surface area contributed by atoms with Gasteiger partial charge in [-0.3, -0.25) is 14.4 Å². The lowest BCUT2D eigenvalue weighted by Gasteiger charge is -2.34. The van der Waals surface area contributed by atoms with Crippen LogP contribution >= 0.6 is 0 Å². The molecule has 0 radical (unpaired) electrons. The Hall–Kier alpha value is -3.72. The minimum atomic E-state index is -1.25. The van der Waals surface area contributed by atoms with Crippen LogP contribution in [0.15, 0.2) is 60.7 Å². The molecule has 3 fully saturated rings. The van der Waals surface area contributed by atoms with Crippen LogP contribution in [0.2, 0.25) is 0 Å². The fourth-order valence-corrected chi connectivity index (χ4v) is 6.68. The van der Waals surface area contributed by atoms with Gasteiger partial charge in [-0.15, -0.1) is 0 Å². The molecule has 3 aliphatic heterocycles. The minimum Gasteiger partial charge on any atom is -0.497 e. The molecule has 5 atom stereocenters. The monoisotopic (exact) mass is 533 g/mol. The van der Waals surface area contributed by atoms with Gasteiger partial charge in [0.2, 0.25) is 17.7 Å². The lowest BCUT2D eigenvalue weighted by molar-refractivity contribution is -0.142. The average molecular weight is 534 g/mol. The Morgan fingerprint density at radius 1 is 1.10 bits per heavy atom. The van der Waals surface area contributed by atoms with E-state index in [0.717, 1.165) is 32.1 Å². The number of nitrogens with one attached hydrogen (secondary N) is 2. The van der Waals surface area contributed by atoms with Gasteiger partial charge in [-0.25, -0.2) is 4.39 Å². The lowest BCUT2D eigenvalue weighted by Crippen LogP contribution is -2.56. The first kappa shape index (κ1) is 25.6. The van der Waals surface area contributed by atoms with Gasteiger partial charge in [0.05, 0.1) is 25.0 Å². The molecule has 2 bridgehead atoms. The van der Waals surface area contributed by atoms with Gasteiger partial charge < -0.3 is 25.0 Å². The molecule has 1 spiro atoms. The summed E-state index contributed by atoms with van der Waals surface area (Å²) in [7, 11) is 1.55. The number of rotatable bonds is 7. The van der Waals surface area contributed by atoms with E-state index in [1.54, 1.807) is 55.7 Å². The summed E-state index contributed by atoms with van der Waals surface area (Å²) in [6, 6.07) is 12.0. The van der Waals surface area contributed by atoms with Crippen molar-refractivity contribution in [1.29, 1.82) is 0 Å². The third-order valence-electron chi connectivity index (χ3n) is 8.48. The van der Waals surface area contributed by atoms with Crippen LogP contribution in [0, 0.1) is 17.7 Å². The second-order valence-corrected chi connectivity index (χ2v) is 10.9. The summed E-state index contributed by atoms with van der Waals surface area (Å²) >= 11 is 0. The summed E-state index contributed by atoms with van der Waals surface area (Å²) in [6.45, 7) is 0.103. The van der Waals surface area contributed by atoms with Gasteiger partial charge in [-0.1, -0.05) is 49.6 Å². The van der Waals surface area contributed by atoms with Crippen molar-refractivity contribution in [2.45, 2.75) is 62.4 Å². The molecular weight excluding hydrogens is 501 g/mol. The van der Waals surface area contributed by atoms with E-state index >= 15 is 0 Å². The Balaban J connectivity index is 1.32. The first-order valence-corrected chi connectivity index (χ1v) is 13.6. The summed E-state index contributed by atoms with van der Waals surface area (Å²) < 4.78 is 25.3. The highest BCUT2D eigenvalue weighted by molar-refractivity contribution is 6.02. The number of likely N-dealkylation sites (tertiary alicyclic amines) is 1. The van der Waals surface area contributed by atoms with Gasteiger partial charge in [0.25, 0.3) is 0 Å². The van der Waals surface area contributed by atoms with Crippen LogP contribution in [0.4, 0.5) is 10.1 Å². The van der Waals surface area contributed by atoms with Crippen LogP contribution in [0.5, 0.6) is 5.75 Å². The Kier molecular flexibility index (Phi) is 6.62. The van der Waals surface area contributed by atoms with Crippen LogP contribution in [0.3, 0.4) is 0 Å². The van der Waals surface area contributed by atoms with Crippen LogP contribution in [-0.4, -0.2) is 53.5 Å². The van der Waals surface area contributed by atoms with Crippen molar-refractivity contribution in [3.63, 3.8) is 0 Å². The van der Waals surface area contributed by atoms with E-state index in [0.29, 0.717) is 17.0 Å². The van der Waals surface area contributed by atoms with E-state index in [4.69, 9.17) is 9.47 Å². The largest absolute Gasteiger partial charge is 0.497 e. The second-order valence-electron chi connectivity index (χ2n) is 10.9. The normalized spacial score (nSPS) is 29.4. The van der Waals surface area contributed by atoms with Crippen molar-refractivity contribution in [2.24, 2.45) is 11.8 Å². The van der Waals surface area contributed by atoms with E-state index in [9.17, 15) is 18.8 Å². The molecule has 0 aromatic heterocycles. The number of hydrogen-bond acceptors (Lipinski definition) is 5. The predicted molar refractivity (Wildman–Crippen MR) is 141 cm³/mol. The summed E-state index contributed by atoms with van der Waals surface area (Å²) in [5.41, 5.74) is -0.0236. The smallest absolute Gasteiger partial charge is 0.246 e. The molecule has 3 amide bonds. The Bertz CT molecular complexity index is 1310. The number of benzene rings is 2. The SMILES string of the molecule is COc1cccc(NC(=O)[C@H]2[C@@H]3C=C[C@]4(O3)[C@@H]2C(=O)N(Cc2ccc(F)cc2)[C@H]4C(=O)NC2CCCCC2)c1. The number of carbonyl (C=O) groups excluding carboxylic acids is 3. The Morgan fingerprint density at radius 2 is 1.87 bits per heavy atom. The quantitative estimate of drug-likeness (QED) is 0.531. The zero-order valence-corrected chi connectivity index (χ0v) is 21.8. The van der Waals surface area contributed by atoms with Crippen molar-refractivity contribution < 1.29 is 28.2 Å². The zero-order chi connectivity index (χ0) is 27.1. The second kappa shape index (κ2) is 10.1. The van der Waals surface area contributed by atoms with Gasteiger partial charge in [0, 0.05) is 24.3 Å². The van der Waals surface area contributed by atoms with Crippen LogP contribution < -0.4 is 15.4 Å². The highest BCUT2D eigenvalue weighted by atomic mass is 19.1. The van der Waals surface area contributed by atoms with Crippen LogP contribution in [-0.2, 0) is 25.7 Å². The Labute approximate surface area is 226 Å². The van der Waals surface area contributed by atoms with E-state index in [1.165, 1.54) is 17.0 Å². The number of halogens is 1. The van der Waals surface area contributed by atoms with E-state index in [1.807, 2.05) is 0 Å². The third kappa shape index (κ3) is 4.48. The molecule has 2 N–H and O–H groups in total. The van der Waals surface area contributed by atoms with Crippen molar-refractivity contribution in [2.75, 3.05) is 12.4 Å². The fourth-order valence-electron chi connectivity index (χ4n) is 6.68. The molecule has 3 heterocycles. The van der Waals surface area contributed by atoms with E-state index < -0.39 is 29.6 Å². The predicted octanol–water partition coefficient (Wildman–Crippen LogP) is 3.57. The molecule has 8 nitrogen and oxygen atoms in total. The number of fused-ring (bicyclic) bond motifs is 1. The van der Waals surface area contributed by atoms with Gasteiger partial charge in [-0.2, -0.15) is 0 Å². The number of anilines is 1. The first-order valence-electron chi connectivity index (χ1n) is 13.6. The molecule has 9 heteroatoms. The van der Waals surface area contributed by atoms with E-state index in [-0.39, 0.29) is 36.1 Å². The van der Waals surface area contributed by atoms with Crippen LogP contribution in [0.1, 0.15) is 37.7 Å². The molecule has 2 saturated heterocycles. The molecule has 2 aromatic rings. The van der Waals surface area contributed by atoms with Crippen molar-refractivity contribution in [3.05, 3.63) is 72.1 Å². The van der Waals surface area contributed by atoms with Crippen LogP contribution in [0.25, 0.3) is 0 Å². The number of ether oxygens (including phenoxy) is 2. The third-order valence-corrected chi connectivity index (χ3v) is 8.48. The molecule has 0 unspecified atom stereocenters. The standard InChI is InChI=1S/C30H32FN3O5/c1-38-22-9-5-8-21(16-22)33-27(35)24-23-14-15-30(39-23)25(24)29(37)34(17-18-10-12-19(31)13-11-18)26(30)28(36)32-20-6-3-2-4-7-20/h5,8-16,20,23-26H,2-4,6-7,17H2,1H3,(H,32,36)(H,33,35)/t23-,24-,25-,26-,30-/m0/s1. The number of nitrogens with zero attached hydrogens (tertiary/aromatic N) is 1. The minimum absolute atomic E-state index is 0.0409. The number of amides is 3. The van der Waals surface area contributed by atoms with Gasteiger partial charge in [0.1, 0.15) is 23.2 Å². The summed E-state index contributed by atoms with van der Waals surface area (Å²) in [5, 5.41) is 6.08. The molecule has 204 valence electrons. The Morgan fingerprint density at radius 3 is 2.62 bits per heavy atom.